The predicted octanol–water partition coefficient (Wildman–Crippen LogP) is 4.10. The Labute approximate surface area is 154 Å². The van der Waals surface area contributed by atoms with Crippen LogP contribution in [0.15, 0.2) is 69.7 Å². The van der Waals surface area contributed by atoms with E-state index in [4.69, 9.17) is 8.83 Å². The van der Waals surface area contributed by atoms with Gasteiger partial charge in [-0.15, -0.1) is 0 Å². The first-order chi connectivity index (χ1) is 13.1. The number of nitrogens with zero attached hydrogens (tertiary/aromatic N) is 2. The van der Waals surface area contributed by atoms with Crippen molar-refractivity contribution in [2.75, 3.05) is 0 Å². The lowest BCUT2D eigenvalue weighted by Crippen LogP contribution is -2.25. The third kappa shape index (κ3) is 3.52. The molecular formula is C20H16FN3O3. The molecule has 0 radical (unpaired) electrons. The molecule has 0 aliphatic rings. The molecule has 7 heteroatoms. The predicted molar refractivity (Wildman–Crippen MR) is 95.8 cm³/mol. The fourth-order valence-electron chi connectivity index (χ4n) is 2.69. The summed E-state index contributed by atoms with van der Waals surface area (Å²) in [5.41, 5.74) is 1.38. The molecule has 136 valence electrons. The molecule has 0 saturated heterocycles. The van der Waals surface area contributed by atoms with Crippen molar-refractivity contribution in [1.29, 1.82) is 0 Å². The Balaban J connectivity index is 1.70. The summed E-state index contributed by atoms with van der Waals surface area (Å²) in [4.78, 5) is 12.7. The molecule has 0 aliphatic heterocycles. The number of hydrogen-bond acceptors (Lipinski definition) is 4. The van der Waals surface area contributed by atoms with Gasteiger partial charge in [-0.1, -0.05) is 0 Å². The fourth-order valence-corrected chi connectivity index (χ4v) is 2.69. The van der Waals surface area contributed by atoms with Crippen LogP contribution in [0, 0.1) is 12.7 Å². The van der Waals surface area contributed by atoms with Crippen molar-refractivity contribution in [1.82, 2.24) is 15.1 Å². The minimum absolute atomic E-state index is 0.246. The van der Waals surface area contributed by atoms with E-state index < -0.39 is 0 Å². The van der Waals surface area contributed by atoms with Crippen LogP contribution in [-0.4, -0.2) is 15.7 Å². The van der Waals surface area contributed by atoms with E-state index in [2.05, 4.69) is 10.4 Å². The van der Waals surface area contributed by atoms with Crippen molar-refractivity contribution in [2.45, 2.75) is 13.5 Å². The normalized spacial score (nSPS) is 10.9. The molecule has 4 aromatic rings. The molecule has 0 saturated carbocycles. The van der Waals surface area contributed by atoms with Gasteiger partial charge in [0.05, 0.1) is 18.5 Å². The van der Waals surface area contributed by atoms with Crippen LogP contribution in [0.2, 0.25) is 0 Å². The molecule has 27 heavy (non-hydrogen) atoms. The number of carbonyl (C=O) groups excluding carboxylic acids is 1. The Bertz CT molecular complexity index is 1060. The van der Waals surface area contributed by atoms with E-state index in [9.17, 15) is 9.18 Å². The van der Waals surface area contributed by atoms with E-state index in [0.717, 1.165) is 5.76 Å². The van der Waals surface area contributed by atoms with Gasteiger partial charge in [0.1, 0.15) is 28.7 Å². The molecule has 6 nitrogen and oxygen atoms in total. The van der Waals surface area contributed by atoms with Gasteiger partial charge in [-0.3, -0.25) is 4.79 Å². The van der Waals surface area contributed by atoms with Crippen molar-refractivity contribution in [3.8, 4) is 17.1 Å². The number of furan rings is 2. The van der Waals surface area contributed by atoms with E-state index >= 15 is 0 Å². The number of rotatable bonds is 5. The largest absolute Gasteiger partial charge is 0.467 e. The highest BCUT2D eigenvalue weighted by atomic mass is 19.1. The van der Waals surface area contributed by atoms with E-state index in [1.54, 1.807) is 42.7 Å². The third-order valence-electron chi connectivity index (χ3n) is 4.01. The highest BCUT2D eigenvalue weighted by molar-refractivity contribution is 5.94. The molecule has 0 spiro atoms. The Hall–Kier alpha value is -3.61. The number of hydrogen-bond donors (Lipinski definition) is 1. The van der Waals surface area contributed by atoms with Gasteiger partial charge in [-0.2, -0.15) is 5.10 Å². The Morgan fingerprint density at radius 3 is 2.67 bits per heavy atom. The van der Waals surface area contributed by atoms with Gasteiger partial charge in [0.2, 0.25) is 0 Å². The van der Waals surface area contributed by atoms with Crippen LogP contribution in [0.4, 0.5) is 4.39 Å². The van der Waals surface area contributed by atoms with Gasteiger partial charge in [-0.25, -0.2) is 9.07 Å². The average Bonchev–Trinajstić information content (AvgIpc) is 3.40. The zero-order chi connectivity index (χ0) is 18.8. The smallest absolute Gasteiger partial charge is 0.270 e. The summed E-state index contributed by atoms with van der Waals surface area (Å²) in [7, 11) is 0. The molecule has 3 aromatic heterocycles. The Morgan fingerprint density at radius 1 is 1.19 bits per heavy atom. The van der Waals surface area contributed by atoms with E-state index in [1.165, 1.54) is 16.8 Å². The standard InChI is InChI=1S/C20H16FN3O3/c1-13-4-9-19(27-13)17-11-18(20(25)22-12-16-3-2-10-26-16)24(23-17)15-7-5-14(21)6-8-15/h2-11H,12H2,1H3,(H,22,25). The first-order valence-corrected chi connectivity index (χ1v) is 8.33. The van der Waals surface area contributed by atoms with Crippen LogP contribution < -0.4 is 5.32 Å². The van der Waals surface area contributed by atoms with Crippen LogP contribution in [0.5, 0.6) is 0 Å². The van der Waals surface area contributed by atoms with Crippen LogP contribution in [0.3, 0.4) is 0 Å². The number of amides is 1. The number of halogens is 1. The lowest BCUT2D eigenvalue weighted by Gasteiger charge is -2.07. The number of carbonyl (C=O) groups is 1. The highest BCUT2D eigenvalue weighted by Gasteiger charge is 2.19. The molecule has 1 N–H and O–H groups in total. The molecule has 0 atom stereocenters. The van der Waals surface area contributed by atoms with Gasteiger partial charge in [-0.05, 0) is 55.5 Å². The van der Waals surface area contributed by atoms with Crippen molar-refractivity contribution >= 4 is 5.91 Å². The lowest BCUT2D eigenvalue weighted by molar-refractivity contribution is 0.0940. The van der Waals surface area contributed by atoms with Crippen LogP contribution in [-0.2, 0) is 6.54 Å². The summed E-state index contributed by atoms with van der Waals surface area (Å²) in [6.45, 7) is 2.08. The minimum Gasteiger partial charge on any atom is -0.467 e. The summed E-state index contributed by atoms with van der Waals surface area (Å²) in [6, 6.07) is 14.5. The highest BCUT2D eigenvalue weighted by Crippen LogP contribution is 2.24. The molecule has 0 aliphatic carbocycles. The second-order valence-corrected chi connectivity index (χ2v) is 5.98. The molecule has 1 amide bonds. The third-order valence-corrected chi connectivity index (χ3v) is 4.01. The van der Waals surface area contributed by atoms with E-state index in [0.29, 0.717) is 28.6 Å². The quantitative estimate of drug-likeness (QED) is 0.578. The first kappa shape index (κ1) is 16.8. The monoisotopic (exact) mass is 365 g/mol. The molecule has 3 heterocycles. The summed E-state index contributed by atoms with van der Waals surface area (Å²) < 4.78 is 25.6. The molecule has 1 aromatic carbocycles. The molecular weight excluding hydrogens is 349 g/mol. The maximum atomic E-state index is 13.3. The number of nitrogens with one attached hydrogen (secondary N) is 1. The van der Waals surface area contributed by atoms with Crippen molar-refractivity contribution in [3.63, 3.8) is 0 Å². The summed E-state index contributed by atoms with van der Waals surface area (Å²) in [6.07, 6.45) is 1.54. The van der Waals surface area contributed by atoms with Crippen molar-refractivity contribution in [2.24, 2.45) is 0 Å². The van der Waals surface area contributed by atoms with Crippen molar-refractivity contribution in [3.05, 3.63) is 83.9 Å². The van der Waals surface area contributed by atoms with Gasteiger partial charge >= 0.3 is 0 Å². The van der Waals surface area contributed by atoms with Crippen molar-refractivity contribution < 1.29 is 18.0 Å². The molecule has 0 fully saturated rings. The van der Waals surface area contributed by atoms with Gasteiger partial charge in [0.25, 0.3) is 5.91 Å². The van der Waals surface area contributed by atoms with E-state index in [-0.39, 0.29) is 18.3 Å². The fraction of sp³-hybridized carbons (Fsp3) is 0.100. The Kier molecular flexibility index (Phi) is 4.33. The second kappa shape index (κ2) is 6.95. The van der Waals surface area contributed by atoms with Gasteiger partial charge < -0.3 is 14.2 Å². The zero-order valence-corrected chi connectivity index (χ0v) is 14.5. The van der Waals surface area contributed by atoms with Crippen LogP contribution in [0.1, 0.15) is 22.0 Å². The average molecular weight is 365 g/mol. The summed E-state index contributed by atoms with van der Waals surface area (Å²) in [5.74, 6) is 1.23. The summed E-state index contributed by atoms with van der Waals surface area (Å²) in [5, 5.41) is 7.27. The van der Waals surface area contributed by atoms with Gasteiger partial charge in [0.15, 0.2) is 5.76 Å². The maximum Gasteiger partial charge on any atom is 0.270 e. The zero-order valence-electron chi connectivity index (χ0n) is 14.5. The number of aryl methyl sites for hydroxylation is 1. The molecule has 0 unspecified atom stereocenters. The van der Waals surface area contributed by atoms with E-state index in [1.807, 2.05) is 13.0 Å². The SMILES string of the molecule is Cc1ccc(-c2cc(C(=O)NCc3ccco3)n(-c3ccc(F)cc3)n2)o1. The van der Waals surface area contributed by atoms with Crippen LogP contribution >= 0.6 is 0 Å². The molecule has 4 rings (SSSR count). The number of benzene rings is 1. The summed E-state index contributed by atoms with van der Waals surface area (Å²) >= 11 is 0. The topological polar surface area (TPSA) is 73.2 Å². The minimum atomic E-state index is -0.364. The lowest BCUT2D eigenvalue weighted by atomic mass is 10.2. The number of aromatic nitrogens is 2. The van der Waals surface area contributed by atoms with Crippen LogP contribution in [0.25, 0.3) is 17.1 Å². The maximum absolute atomic E-state index is 13.3. The Morgan fingerprint density at radius 2 is 2.00 bits per heavy atom. The molecule has 0 bridgehead atoms. The first-order valence-electron chi connectivity index (χ1n) is 8.33. The second-order valence-electron chi connectivity index (χ2n) is 5.98. The van der Waals surface area contributed by atoms with Gasteiger partial charge in [0, 0.05) is 6.07 Å².